The van der Waals surface area contributed by atoms with Crippen molar-refractivity contribution in [1.29, 1.82) is 0 Å². The van der Waals surface area contributed by atoms with Gasteiger partial charge in [-0.3, -0.25) is 33.8 Å². The van der Waals surface area contributed by atoms with Crippen LogP contribution in [0.4, 0.5) is 0 Å². The number of hydrogen-bond acceptors (Lipinski definition) is 10. The molecule has 5 N–H and O–H groups in total. The zero-order valence-electron chi connectivity index (χ0n) is 37.9. The van der Waals surface area contributed by atoms with E-state index in [4.69, 9.17) is 9.73 Å². The Morgan fingerprint density at radius 3 is 2.21 bits per heavy atom. The van der Waals surface area contributed by atoms with E-state index in [0.29, 0.717) is 44.3 Å². The van der Waals surface area contributed by atoms with Crippen molar-refractivity contribution in [3.05, 3.63) is 52.5 Å². The number of thiazole rings is 1. The Morgan fingerprint density at radius 2 is 1.61 bits per heavy atom. The first kappa shape index (κ1) is 48.1. The smallest absolute Gasteiger partial charge is 0.246 e. The Morgan fingerprint density at radius 1 is 0.935 bits per heavy atom. The molecule has 16 nitrogen and oxygen atoms in total. The number of ether oxygens (including phenoxy) is 1. The fraction of sp³-hybridized carbons (Fsp3) is 0.644. The van der Waals surface area contributed by atoms with Crippen LogP contribution in [0.5, 0.6) is 0 Å². The first-order valence-corrected chi connectivity index (χ1v) is 22.7. The number of fused-ring (bicyclic) bond motifs is 1. The lowest BCUT2D eigenvalue weighted by Crippen LogP contribution is -2.63. The standard InChI is InChI=1S/C45H67N9O7S/c1-26(2)33-39(57)52-36(44(5,6)7)38(47-25-32(56)54-18-16-27(3)35(54)41(59)49-33)51-37(45(8,9)10)42(60)50-34(28(4)29-14-12-11-13-15-29)40(58)48-30(43-46-17-23-62-43)24-31(55)53-19-21-61-22-20-53/h11-15,17,23,26-28,30,33-37H,16,18-22,24-25H2,1-10H3,(H,47,51)(H,48,58)(H,49,59)(H,50,60)(H,52,57)/t27-,28+,30-,33+,34?,35+,36?,37?/m1/s1. The molecule has 0 aliphatic carbocycles. The van der Waals surface area contributed by atoms with E-state index in [-0.39, 0.29) is 48.4 Å². The number of amides is 6. The molecule has 0 saturated carbocycles. The van der Waals surface area contributed by atoms with E-state index in [1.54, 1.807) is 21.4 Å². The van der Waals surface area contributed by atoms with Gasteiger partial charge < -0.3 is 41.1 Å². The van der Waals surface area contributed by atoms with Crippen LogP contribution in [-0.4, -0.2) is 126 Å². The molecule has 4 heterocycles. The van der Waals surface area contributed by atoms with Gasteiger partial charge in [0.1, 0.15) is 35.0 Å². The molecule has 0 spiro atoms. The molecule has 3 aliphatic heterocycles. The SMILES string of the molecule is CC(C)[C@@H]1NC(=O)[C@@H]2[C@H](C)CCN2C(=O)CN/C(=N\C(C(=O)NC(C(=O)N[C@H](CC(=O)N2CCOCC2)c2nccs2)[C@@H](C)c2ccccc2)C(C)(C)C)C(C(C)(C)C)NC1=O. The van der Waals surface area contributed by atoms with Crippen LogP contribution >= 0.6 is 11.3 Å². The Labute approximate surface area is 370 Å². The summed E-state index contributed by atoms with van der Waals surface area (Å²) in [5.74, 6) is -3.01. The van der Waals surface area contributed by atoms with Gasteiger partial charge in [-0.15, -0.1) is 11.3 Å². The highest BCUT2D eigenvalue weighted by molar-refractivity contribution is 7.09. The monoisotopic (exact) mass is 877 g/mol. The number of benzene rings is 1. The molecule has 0 radical (unpaired) electrons. The second kappa shape index (κ2) is 20.5. The molecule has 8 atom stereocenters. The Hall–Kier alpha value is -4.90. The Balaban J connectivity index is 1.52. The van der Waals surface area contributed by atoms with Crippen molar-refractivity contribution < 1.29 is 33.5 Å². The third kappa shape index (κ3) is 12.0. The third-order valence-corrected chi connectivity index (χ3v) is 12.8. The van der Waals surface area contributed by atoms with Crippen molar-refractivity contribution in [1.82, 2.24) is 41.4 Å². The van der Waals surface area contributed by atoms with E-state index < -0.39 is 70.7 Å². The summed E-state index contributed by atoms with van der Waals surface area (Å²) in [7, 11) is 0. The van der Waals surface area contributed by atoms with Crippen molar-refractivity contribution >= 4 is 52.6 Å². The van der Waals surface area contributed by atoms with Crippen molar-refractivity contribution in [3.63, 3.8) is 0 Å². The number of morpholine rings is 1. The topological polar surface area (TPSA) is 204 Å². The summed E-state index contributed by atoms with van der Waals surface area (Å²) < 4.78 is 5.44. The molecule has 340 valence electrons. The molecular formula is C45H67N9O7S. The average molecular weight is 878 g/mol. The van der Waals surface area contributed by atoms with Crippen molar-refractivity contribution in [2.45, 2.75) is 124 Å². The molecule has 0 bridgehead atoms. The van der Waals surface area contributed by atoms with Gasteiger partial charge in [0.15, 0.2) is 0 Å². The van der Waals surface area contributed by atoms with Gasteiger partial charge >= 0.3 is 0 Å². The summed E-state index contributed by atoms with van der Waals surface area (Å²) in [6.45, 7) is 20.7. The van der Waals surface area contributed by atoms with Gasteiger partial charge in [-0.2, -0.15) is 0 Å². The molecule has 3 unspecified atom stereocenters. The molecule has 3 aliphatic rings. The van der Waals surface area contributed by atoms with E-state index >= 15 is 0 Å². The largest absolute Gasteiger partial charge is 0.378 e. The van der Waals surface area contributed by atoms with Crippen LogP contribution in [0, 0.1) is 22.7 Å². The van der Waals surface area contributed by atoms with Crippen LogP contribution < -0.4 is 26.6 Å². The van der Waals surface area contributed by atoms with E-state index in [9.17, 15) is 28.8 Å². The first-order valence-electron chi connectivity index (χ1n) is 21.8. The molecule has 1 aromatic carbocycles. The molecule has 3 saturated heterocycles. The minimum atomic E-state index is -1.13. The van der Waals surface area contributed by atoms with Crippen molar-refractivity contribution in [2.75, 3.05) is 39.4 Å². The lowest BCUT2D eigenvalue weighted by Gasteiger charge is -2.38. The van der Waals surface area contributed by atoms with E-state index in [0.717, 1.165) is 5.56 Å². The molecular weight excluding hydrogens is 811 g/mol. The van der Waals surface area contributed by atoms with Crippen molar-refractivity contribution in [2.24, 2.45) is 27.7 Å². The van der Waals surface area contributed by atoms with E-state index in [2.05, 4.69) is 31.6 Å². The number of aliphatic imine (C=N–C) groups is 1. The zero-order chi connectivity index (χ0) is 45.5. The lowest BCUT2D eigenvalue weighted by molar-refractivity contribution is -0.140. The van der Waals surface area contributed by atoms with Crippen molar-refractivity contribution in [3.8, 4) is 0 Å². The molecule has 17 heteroatoms. The summed E-state index contributed by atoms with van der Waals surface area (Å²) in [6, 6.07) is 3.88. The molecule has 6 amide bonds. The maximum atomic E-state index is 14.9. The van der Waals surface area contributed by atoms with Gasteiger partial charge in [0, 0.05) is 37.1 Å². The number of nitrogens with one attached hydrogen (secondary N) is 5. The predicted octanol–water partition coefficient (Wildman–Crippen LogP) is 3.16. The highest BCUT2D eigenvalue weighted by atomic mass is 32.1. The van der Waals surface area contributed by atoms with Gasteiger partial charge in [-0.1, -0.05) is 99.6 Å². The number of nitrogens with zero attached hydrogens (tertiary/aromatic N) is 4. The number of rotatable bonds is 11. The molecule has 3 fully saturated rings. The fourth-order valence-corrected chi connectivity index (χ4v) is 8.87. The number of aromatic nitrogens is 1. The normalized spacial score (nSPS) is 24.4. The van der Waals surface area contributed by atoms with Gasteiger partial charge in [0.05, 0.1) is 38.3 Å². The Kier molecular flexibility index (Phi) is 15.9. The van der Waals surface area contributed by atoms with E-state index in [1.807, 2.05) is 99.6 Å². The molecule has 2 aromatic rings. The number of carbonyl (C=O) groups excluding carboxylic acids is 6. The quantitative estimate of drug-likeness (QED) is 0.225. The maximum Gasteiger partial charge on any atom is 0.246 e. The lowest BCUT2D eigenvalue weighted by atomic mass is 9.83. The van der Waals surface area contributed by atoms with Crippen LogP contribution in [-0.2, 0) is 33.5 Å². The second-order valence-corrected chi connectivity index (χ2v) is 20.2. The first-order chi connectivity index (χ1) is 29.2. The summed E-state index contributed by atoms with van der Waals surface area (Å²) in [4.78, 5) is 97.7. The van der Waals surface area contributed by atoms with Crippen LogP contribution in [0.25, 0.3) is 0 Å². The van der Waals surface area contributed by atoms with E-state index in [1.165, 1.54) is 11.3 Å². The zero-order valence-corrected chi connectivity index (χ0v) is 38.8. The van der Waals surface area contributed by atoms with Crippen LogP contribution in [0.1, 0.15) is 105 Å². The second-order valence-electron chi connectivity index (χ2n) is 19.3. The number of hydrogen-bond donors (Lipinski definition) is 5. The van der Waals surface area contributed by atoms with Crippen LogP contribution in [0.15, 0.2) is 46.9 Å². The molecule has 1 aromatic heterocycles. The number of carbonyl (C=O) groups is 6. The summed E-state index contributed by atoms with van der Waals surface area (Å²) in [5, 5.41) is 17.8. The highest BCUT2D eigenvalue weighted by Gasteiger charge is 2.44. The average Bonchev–Trinajstić information content (AvgIpc) is 3.90. The number of amidine groups is 1. The molecule has 5 rings (SSSR count). The summed E-state index contributed by atoms with van der Waals surface area (Å²) in [5.41, 5.74) is -0.733. The van der Waals surface area contributed by atoms with Crippen LogP contribution in [0.3, 0.4) is 0 Å². The predicted molar refractivity (Wildman–Crippen MR) is 238 cm³/mol. The molecule has 62 heavy (non-hydrogen) atoms. The summed E-state index contributed by atoms with van der Waals surface area (Å²) >= 11 is 1.33. The maximum absolute atomic E-state index is 14.9. The summed E-state index contributed by atoms with van der Waals surface area (Å²) in [6.07, 6.45) is 2.23. The van der Waals surface area contributed by atoms with Gasteiger partial charge in [-0.25, -0.2) is 4.98 Å². The minimum Gasteiger partial charge on any atom is -0.378 e. The third-order valence-electron chi connectivity index (χ3n) is 11.9. The van der Waals surface area contributed by atoms with Gasteiger partial charge in [0.25, 0.3) is 0 Å². The highest BCUT2D eigenvalue weighted by Crippen LogP contribution is 2.30. The van der Waals surface area contributed by atoms with Crippen LogP contribution in [0.2, 0.25) is 0 Å². The minimum absolute atomic E-state index is 0.0271. The fourth-order valence-electron chi connectivity index (χ4n) is 8.19. The van der Waals surface area contributed by atoms with Gasteiger partial charge in [-0.05, 0) is 34.7 Å². The van der Waals surface area contributed by atoms with Gasteiger partial charge in [0.2, 0.25) is 35.4 Å². The Bertz CT molecular complexity index is 1920.